The first kappa shape index (κ1) is 16.5. The van der Waals surface area contributed by atoms with Crippen LogP contribution in [0.25, 0.3) is 18.2 Å². The number of rotatable bonds is 4. The molecule has 2 rings (SSSR count). The summed E-state index contributed by atoms with van der Waals surface area (Å²) in [5, 5.41) is 39.1. The van der Waals surface area contributed by atoms with E-state index in [1.54, 1.807) is 24.3 Å². The molecule has 0 saturated heterocycles. The molecular formula is C19H20O4. The molecule has 4 heteroatoms. The fourth-order valence-corrected chi connectivity index (χ4v) is 2.06. The number of benzene rings is 2. The molecule has 0 spiro atoms. The summed E-state index contributed by atoms with van der Waals surface area (Å²) in [6.45, 7) is 4.01. The van der Waals surface area contributed by atoms with E-state index in [1.807, 2.05) is 19.9 Å². The lowest BCUT2D eigenvalue weighted by molar-refractivity contribution is 0.447. The predicted octanol–water partition coefficient (Wildman–Crippen LogP) is 4.35. The molecule has 2 aromatic rings. The van der Waals surface area contributed by atoms with Crippen LogP contribution in [0.4, 0.5) is 0 Å². The van der Waals surface area contributed by atoms with Gasteiger partial charge in [0, 0.05) is 11.6 Å². The van der Waals surface area contributed by atoms with Crippen molar-refractivity contribution < 1.29 is 20.4 Å². The molecule has 120 valence electrons. The molecule has 0 aliphatic heterocycles. The molecule has 0 aliphatic rings. The number of aromatic hydroxyl groups is 4. The molecule has 0 aliphatic carbocycles. The number of hydrogen-bond acceptors (Lipinski definition) is 4. The molecule has 0 radical (unpaired) electrons. The van der Waals surface area contributed by atoms with Crippen LogP contribution >= 0.6 is 0 Å². The van der Waals surface area contributed by atoms with Gasteiger partial charge in [-0.3, -0.25) is 0 Å². The number of hydrogen-bond donors (Lipinski definition) is 4. The second-order valence-corrected chi connectivity index (χ2v) is 5.65. The molecule has 0 unspecified atom stereocenters. The van der Waals surface area contributed by atoms with Crippen molar-refractivity contribution >= 4 is 18.2 Å². The van der Waals surface area contributed by atoms with E-state index < -0.39 is 0 Å². The largest absolute Gasteiger partial charge is 0.508 e. The first-order valence-electron chi connectivity index (χ1n) is 7.31. The second kappa shape index (κ2) is 6.92. The van der Waals surface area contributed by atoms with Crippen molar-refractivity contribution in [2.45, 2.75) is 13.8 Å². The minimum absolute atomic E-state index is 0.0171. The van der Waals surface area contributed by atoms with Crippen molar-refractivity contribution in [1.29, 1.82) is 0 Å². The van der Waals surface area contributed by atoms with Crippen molar-refractivity contribution in [2.24, 2.45) is 5.92 Å². The maximum absolute atomic E-state index is 10.0. The Morgan fingerprint density at radius 3 is 2.00 bits per heavy atom. The molecule has 4 nitrogen and oxygen atoms in total. The molecule has 0 fully saturated rings. The summed E-state index contributed by atoms with van der Waals surface area (Å²) in [7, 11) is 0. The van der Waals surface area contributed by atoms with Crippen LogP contribution in [0.3, 0.4) is 0 Å². The van der Waals surface area contributed by atoms with Crippen molar-refractivity contribution in [2.75, 3.05) is 0 Å². The lowest BCUT2D eigenvalue weighted by Gasteiger charge is -2.06. The summed E-state index contributed by atoms with van der Waals surface area (Å²) in [6.07, 6.45) is 6.86. The van der Waals surface area contributed by atoms with Gasteiger partial charge < -0.3 is 20.4 Å². The van der Waals surface area contributed by atoms with Gasteiger partial charge in [0.05, 0.1) is 5.56 Å². The molecule has 2 aromatic carbocycles. The van der Waals surface area contributed by atoms with E-state index in [-0.39, 0.29) is 23.0 Å². The van der Waals surface area contributed by atoms with Gasteiger partial charge in [0.2, 0.25) is 0 Å². The number of phenolic OH excluding ortho intramolecular Hbond substituents is 4. The molecule has 23 heavy (non-hydrogen) atoms. The van der Waals surface area contributed by atoms with Crippen molar-refractivity contribution in [3.63, 3.8) is 0 Å². The maximum atomic E-state index is 10.0. The Morgan fingerprint density at radius 1 is 0.783 bits per heavy atom. The molecule has 0 bridgehead atoms. The van der Waals surface area contributed by atoms with Gasteiger partial charge in [0.15, 0.2) is 0 Å². The molecule has 0 amide bonds. The Balaban J connectivity index is 2.29. The predicted molar refractivity (Wildman–Crippen MR) is 92.3 cm³/mol. The van der Waals surface area contributed by atoms with Gasteiger partial charge in [-0.25, -0.2) is 0 Å². The highest BCUT2D eigenvalue weighted by atomic mass is 16.3. The highest BCUT2D eigenvalue weighted by Crippen LogP contribution is 2.32. The Bertz CT molecular complexity index is 735. The van der Waals surface area contributed by atoms with Crippen LogP contribution in [-0.4, -0.2) is 20.4 Å². The van der Waals surface area contributed by atoms with Crippen LogP contribution < -0.4 is 0 Å². The van der Waals surface area contributed by atoms with Crippen molar-refractivity contribution in [3.8, 4) is 23.0 Å². The van der Waals surface area contributed by atoms with E-state index in [9.17, 15) is 20.4 Å². The van der Waals surface area contributed by atoms with Crippen LogP contribution in [0.2, 0.25) is 0 Å². The first-order chi connectivity index (χ1) is 10.9. The second-order valence-electron chi connectivity index (χ2n) is 5.65. The molecule has 0 saturated carbocycles. The van der Waals surface area contributed by atoms with Crippen LogP contribution in [0, 0.1) is 5.92 Å². The molecule has 0 atom stereocenters. The lowest BCUT2D eigenvalue weighted by Crippen LogP contribution is -1.83. The van der Waals surface area contributed by atoms with Gasteiger partial charge in [-0.1, -0.05) is 38.2 Å². The van der Waals surface area contributed by atoms with Gasteiger partial charge in [-0.15, -0.1) is 0 Å². The maximum Gasteiger partial charge on any atom is 0.127 e. The lowest BCUT2D eigenvalue weighted by atomic mass is 10.0. The smallest absolute Gasteiger partial charge is 0.127 e. The van der Waals surface area contributed by atoms with E-state index in [2.05, 4.69) is 0 Å². The highest BCUT2D eigenvalue weighted by Gasteiger charge is 2.06. The van der Waals surface area contributed by atoms with Gasteiger partial charge in [0.1, 0.15) is 23.0 Å². The van der Waals surface area contributed by atoms with Crippen LogP contribution in [0.5, 0.6) is 23.0 Å². The minimum Gasteiger partial charge on any atom is -0.508 e. The zero-order valence-corrected chi connectivity index (χ0v) is 13.1. The zero-order chi connectivity index (χ0) is 17.0. The van der Waals surface area contributed by atoms with Gasteiger partial charge in [-0.2, -0.15) is 0 Å². The average molecular weight is 312 g/mol. The first-order valence-corrected chi connectivity index (χ1v) is 7.31. The Hall–Kier alpha value is -2.88. The van der Waals surface area contributed by atoms with Crippen LogP contribution in [-0.2, 0) is 0 Å². The highest BCUT2D eigenvalue weighted by molar-refractivity contribution is 5.76. The third-order valence-corrected chi connectivity index (χ3v) is 3.28. The van der Waals surface area contributed by atoms with Gasteiger partial charge in [-0.05, 0) is 35.7 Å². The Kier molecular flexibility index (Phi) is 4.96. The monoisotopic (exact) mass is 312 g/mol. The topological polar surface area (TPSA) is 80.9 Å². The van der Waals surface area contributed by atoms with Gasteiger partial charge in [0.25, 0.3) is 0 Å². The zero-order valence-electron chi connectivity index (χ0n) is 13.1. The summed E-state index contributed by atoms with van der Waals surface area (Å²) >= 11 is 0. The Morgan fingerprint density at radius 2 is 1.43 bits per heavy atom. The van der Waals surface area contributed by atoms with Crippen LogP contribution in [0.1, 0.15) is 30.5 Å². The number of phenols is 4. The summed E-state index contributed by atoms with van der Waals surface area (Å²) < 4.78 is 0. The third kappa shape index (κ3) is 4.30. The molecule has 0 aromatic heterocycles. The number of allylic oxidation sites excluding steroid dienone is 1. The van der Waals surface area contributed by atoms with Crippen molar-refractivity contribution in [1.82, 2.24) is 0 Å². The average Bonchev–Trinajstić information content (AvgIpc) is 2.45. The molecule has 4 N–H and O–H groups in total. The summed E-state index contributed by atoms with van der Waals surface area (Å²) in [4.78, 5) is 0. The Labute approximate surface area is 135 Å². The van der Waals surface area contributed by atoms with E-state index in [0.29, 0.717) is 22.6 Å². The van der Waals surface area contributed by atoms with E-state index >= 15 is 0 Å². The van der Waals surface area contributed by atoms with E-state index in [4.69, 9.17) is 0 Å². The molecule has 0 heterocycles. The van der Waals surface area contributed by atoms with E-state index in [1.165, 1.54) is 24.3 Å². The van der Waals surface area contributed by atoms with E-state index in [0.717, 1.165) is 0 Å². The van der Waals surface area contributed by atoms with Crippen molar-refractivity contribution in [3.05, 3.63) is 53.1 Å². The summed E-state index contributed by atoms with van der Waals surface area (Å²) in [5.41, 5.74) is 1.49. The summed E-state index contributed by atoms with van der Waals surface area (Å²) in [5.74, 6) is 0.209. The third-order valence-electron chi connectivity index (χ3n) is 3.28. The van der Waals surface area contributed by atoms with Gasteiger partial charge >= 0.3 is 0 Å². The normalized spacial score (nSPS) is 11.8. The minimum atomic E-state index is -0.0498. The molecular weight excluding hydrogens is 292 g/mol. The quantitative estimate of drug-likeness (QED) is 0.633. The van der Waals surface area contributed by atoms with Crippen LogP contribution in [0.15, 0.2) is 36.4 Å². The SMILES string of the molecule is CC(C)C=Cc1c(O)cc(C=Cc2ccc(O)cc2O)cc1O. The fourth-order valence-electron chi connectivity index (χ4n) is 2.06. The standard InChI is InChI=1S/C19H20O4/c1-12(2)3-8-16-18(22)9-13(10-19(16)23)4-5-14-6-7-15(20)11-17(14)21/h3-12,20-23H,1-2H3. The fraction of sp³-hybridized carbons (Fsp3) is 0.158. The summed E-state index contributed by atoms with van der Waals surface area (Å²) in [6, 6.07) is 7.35.